The van der Waals surface area contributed by atoms with E-state index in [4.69, 9.17) is 10.00 Å². The van der Waals surface area contributed by atoms with E-state index >= 15 is 0 Å². The number of hydrogen-bond donors (Lipinski definition) is 1. The molecule has 0 unspecified atom stereocenters. The van der Waals surface area contributed by atoms with E-state index < -0.39 is 4.92 Å². The summed E-state index contributed by atoms with van der Waals surface area (Å²) in [5.41, 5.74) is 0.704. The number of hydrogen-bond acceptors (Lipinski definition) is 7. The first-order valence-corrected chi connectivity index (χ1v) is 5.92. The molecular weight excluding hydrogens is 274 g/mol. The van der Waals surface area contributed by atoms with Gasteiger partial charge in [-0.1, -0.05) is 0 Å². The Morgan fingerprint density at radius 1 is 1.43 bits per heavy atom. The van der Waals surface area contributed by atoms with Crippen molar-refractivity contribution in [3.05, 3.63) is 52.0 Å². The zero-order valence-electron chi connectivity index (χ0n) is 11.1. The van der Waals surface area contributed by atoms with Crippen LogP contribution >= 0.6 is 0 Å². The first kappa shape index (κ1) is 14.2. The summed E-state index contributed by atoms with van der Waals surface area (Å²) in [6.45, 7) is 0.220. The van der Waals surface area contributed by atoms with Gasteiger partial charge >= 0.3 is 0 Å². The molecule has 8 heteroatoms. The molecule has 0 saturated heterocycles. The number of methoxy groups -OCH3 is 1. The Labute approximate surface area is 120 Å². The van der Waals surface area contributed by atoms with Crippen LogP contribution in [-0.4, -0.2) is 22.0 Å². The van der Waals surface area contributed by atoms with Crippen LogP contribution in [0.3, 0.4) is 0 Å². The Balaban J connectivity index is 2.25. The van der Waals surface area contributed by atoms with Crippen molar-refractivity contribution >= 4 is 11.5 Å². The highest BCUT2D eigenvalue weighted by atomic mass is 16.6. The van der Waals surface area contributed by atoms with Gasteiger partial charge in [0.25, 0.3) is 5.69 Å². The van der Waals surface area contributed by atoms with Gasteiger partial charge in [0.15, 0.2) is 11.5 Å². The van der Waals surface area contributed by atoms with Gasteiger partial charge in [-0.25, -0.2) is 9.97 Å². The smallest absolute Gasteiger partial charge is 0.270 e. The summed E-state index contributed by atoms with van der Waals surface area (Å²) in [7, 11) is 1.48. The van der Waals surface area contributed by atoms with Gasteiger partial charge in [-0.3, -0.25) is 10.1 Å². The maximum Gasteiger partial charge on any atom is 0.270 e. The van der Waals surface area contributed by atoms with Gasteiger partial charge in [0.2, 0.25) is 0 Å². The third-order valence-corrected chi connectivity index (χ3v) is 2.73. The van der Waals surface area contributed by atoms with Crippen molar-refractivity contribution in [2.24, 2.45) is 0 Å². The standard InChI is InChI=1S/C13H11N5O3/c1-21-12-3-2-10(18(19)20)6-9(12)8-17-13-11(7-14)15-4-5-16-13/h2-6H,8H2,1H3,(H,16,17). The molecule has 8 nitrogen and oxygen atoms in total. The van der Waals surface area contributed by atoms with Gasteiger partial charge < -0.3 is 10.1 Å². The Bertz CT molecular complexity index is 711. The second-order valence-corrected chi connectivity index (χ2v) is 3.97. The molecule has 1 aromatic heterocycles. The number of anilines is 1. The minimum atomic E-state index is -0.480. The Hall–Kier alpha value is -3.21. The number of nitro groups is 1. The quantitative estimate of drug-likeness (QED) is 0.658. The van der Waals surface area contributed by atoms with Gasteiger partial charge in [0.05, 0.1) is 12.0 Å². The predicted molar refractivity (Wildman–Crippen MR) is 73.7 cm³/mol. The predicted octanol–water partition coefficient (Wildman–Crippen LogP) is 1.88. The molecule has 0 atom stereocenters. The van der Waals surface area contributed by atoms with Crippen LogP contribution in [0.5, 0.6) is 5.75 Å². The van der Waals surface area contributed by atoms with Gasteiger partial charge in [-0.2, -0.15) is 5.26 Å². The summed E-state index contributed by atoms with van der Waals surface area (Å²) in [4.78, 5) is 18.2. The summed E-state index contributed by atoms with van der Waals surface area (Å²) < 4.78 is 5.16. The molecule has 0 fully saturated rings. The molecule has 2 aromatic rings. The van der Waals surface area contributed by atoms with Gasteiger partial charge in [-0.05, 0) is 6.07 Å². The minimum absolute atomic E-state index is 0.0350. The van der Waals surface area contributed by atoms with E-state index in [0.717, 1.165) is 0 Å². The summed E-state index contributed by atoms with van der Waals surface area (Å²) in [6.07, 6.45) is 2.87. The van der Waals surface area contributed by atoms with Crippen LogP contribution in [0.2, 0.25) is 0 Å². The number of aromatic nitrogens is 2. The number of benzene rings is 1. The summed E-state index contributed by atoms with van der Waals surface area (Å²) >= 11 is 0. The second kappa shape index (κ2) is 6.29. The van der Waals surface area contributed by atoms with Gasteiger partial charge in [-0.15, -0.1) is 0 Å². The van der Waals surface area contributed by atoms with Crippen LogP contribution in [0.25, 0.3) is 0 Å². The molecule has 0 amide bonds. The average Bonchev–Trinajstić information content (AvgIpc) is 2.52. The van der Waals surface area contributed by atoms with Crippen LogP contribution in [0.1, 0.15) is 11.3 Å². The second-order valence-electron chi connectivity index (χ2n) is 3.97. The Morgan fingerprint density at radius 2 is 2.19 bits per heavy atom. The van der Waals surface area contributed by atoms with Crippen LogP contribution in [0.4, 0.5) is 11.5 Å². The van der Waals surface area contributed by atoms with E-state index in [-0.39, 0.29) is 17.9 Å². The molecule has 0 aliphatic heterocycles. The van der Waals surface area contributed by atoms with Crippen molar-refractivity contribution in [1.29, 1.82) is 5.26 Å². The number of nitro benzene ring substituents is 1. The Kier molecular flexibility index (Phi) is 4.26. The lowest BCUT2D eigenvalue weighted by atomic mass is 10.1. The van der Waals surface area contributed by atoms with E-state index in [1.165, 1.54) is 37.7 Å². The highest BCUT2D eigenvalue weighted by Crippen LogP contribution is 2.24. The highest BCUT2D eigenvalue weighted by Gasteiger charge is 2.12. The highest BCUT2D eigenvalue weighted by molar-refractivity contribution is 5.50. The van der Waals surface area contributed by atoms with Crippen molar-refractivity contribution in [2.75, 3.05) is 12.4 Å². The van der Waals surface area contributed by atoms with E-state index in [1.54, 1.807) is 0 Å². The first-order chi connectivity index (χ1) is 10.2. The number of rotatable bonds is 5. The topological polar surface area (TPSA) is 114 Å². The van der Waals surface area contributed by atoms with E-state index in [1.807, 2.05) is 6.07 Å². The molecular formula is C13H11N5O3. The van der Waals surface area contributed by atoms with Crippen molar-refractivity contribution in [2.45, 2.75) is 6.54 Å². The van der Waals surface area contributed by atoms with Crippen LogP contribution in [0, 0.1) is 21.4 Å². The normalized spacial score (nSPS) is 9.71. The summed E-state index contributed by atoms with van der Waals surface area (Å²) in [5, 5.41) is 22.7. The number of non-ortho nitro benzene ring substituents is 1. The third kappa shape index (κ3) is 3.22. The van der Waals surface area contributed by atoms with Gasteiger partial charge in [0, 0.05) is 36.6 Å². The maximum absolute atomic E-state index is 10.8. The lowest BCUT2D eigenvalue weighted by Crippen LogP contribution is -2.06. The minimum Gasteiger partial charge on any atom is -0.496 e. The average molecular weight is 285 g/mol. The molecule has 0 spiro atoms. The molecule has 0 saturated carbocycles. The van der Waals surface area contributed by atoms with Crippen molar-refractivity contribution < 1.29 is 9.66 Å². The monoisotopic (exact) mass is 285 g/mol. The summed E-state index contributed by atoms with van der Waals surface area (Å²) in [5.74, 6) is 0.823. The van der Waals surface area contributed by atoms with Crippen molar-refractivity contribution in [1.82, 2.24) is 9.97 Å². The maximum atomic E-state index is 10.8. The Morgan fingerprint density at radius 3 is 2.86 bits per heavy atom. The van der Waals surface area contributed by atoms with E-state index in [2.05, 4.69) is 15.3 Å². The van der Waals surface area contributed by atoms with Crippen LogP contribution in [-0.2, 0) is 6.54 Å². The largest absolute Gasteiger partial charge is 0.496 e. The number of nitrogens with one attached hydrogen (secondary N) is 1. The number of nitriles is 1. The molecule has 0 aliphatic rings. The fraction of sp³-hybridized carbons (Fsp3) is 0.154. The van der Waals surface area contributed by atoms with Crippen molar-refractivity contribution in [3.8, 4) is 11.8 Å². The molecule has 0 radical (unpaired) electrons. The molecule has 21 heavy (non-hydrogen) atoms. The number of ether oxygens (including phenoxy) is 1. The molecule has 0 bridgehead atoms. The van der Waals surface area contributed by atoms with E-state index in [9.17, 15) is 10.1 Å². The fourth-order valence-corrected chi connectivity index (χ4v) is 1.74. The van der Waals surface area contributed by atoms with Crippen molar-refractivity contribution in [3.63, 3.8) is 0 Å². The fourth-order valence-electron chi connectivity index (χ4n) is 1.74. The van der Waals surface area contributed by atoms with E-state index in [0.29, 0.717) is 17.1 Å². The van der Waals surface area contributed by atoms with Crippen LogP contribution in [0.15, 0.2) is 30.6 Å². The zero-order valence-corrected chi connectivity index (χ0v) is 11.1. The third-order valence-electron chi connectivity index (χ3n) is 2.73. The SMILES string of the molecule is COc1ccc([N+](=O)[O-])cc1CNc1nccnc1C#N. The molecule has 0 aliphatic carbocycles. The molecule has 2 rings (SSSR count). The molecule has 1 aromatic carbocycles. The van der Waals surface area contributed by atoms with Gasteiger partial charge in [0.1, 0.15) is 11.8 Å². The summed E-state index contributed by atoms with van der Waals surface area (Å²) in [6, 6.07) is 6.22. The lowest BCUT2D eigenvalue weighted by Gasteiger charge is -2.10. The molecule has 1 N–H and O–H groups in total. The molecule has 106 valence electrons. The first-order valence-electron chi connectivity index (χ1n) is 5.92. The molecule has 1 heterocycles. The zero-order chi connectivity index (χ0) is 15.2. The lowest BCUT2D eigenvalue weighted by molar-refractivity contribution is -0.384. The number of nitrogens with zero attached hydrogens (tertiary/aromatic N) is 4. The van der Waals surface area contributed by atoms with Crippen LogP contribution < -0.4 is 10.1 Å².